The summed E-state index contributed by atoms with van der Waals surface area (Å²) < 4.78 is 11.5. The molecule has 112 valence electrons. The summed E-state index contributed by atoms with van der Waals surface area (Å²) in [5, 5.41) is 10.8. The largest absolute Gasteiger partial charge is 0.348 e. The average Bonchev–Trinajstić information content (AvgIpc) is 3.23. The molecular formula is C14H17N3O2S2. The van der Waals surface area contributed by atoms with E-state index in [0.29, 0.717) is 5.25 Å². The molecule has 1 aliphatic heterocycles. The highest BCUT2D eigenvalue weighted by Crippen LogP contribution is 2.41. The first-order chi connectivity index (χ1) is 10.3. The highest BCUT2D eigenvalue weighted by Gasteiger charge is 2.40. The maximum atomic E-state index is 5.77. The molecule has 0 atom stereocenters. The number of rotatable bonds is 3. The summed E-state index contributed by atoms with van der Waals surface area (Å²) in [7, 11) is 0. The van der Waals surface area contributed by atoms with Crippen molar-refractivity contribution < 1.29 is 9.47 Å². The van der Waals surface area contributed by atoms with Crippen LogP contribution in [0.4, 0.5) is 0 Å². The molecule has 2 aliphatic rings. The fourth-order valence-electron chi connectivity index (χ4n) is 2.91. The van der Waals surface area contributed by atoms with E-state index in [4.69, 9.17) is 9.47 Å². The lowest BCUT2D eigenvalue weighted by Crippen LogP contribution is -2.35. The van der Waals surface area contributed by atoms with Gasteiger partial charge in [-0.1, -0.05) is 17.8 Å². The third-order valence-electron chi connectivity index (χ3n) is 4.00. The predicted octanol–water partition coefficient (Wildman–Crippen LogP) is 3.31. The van der Waals surface area contributed by atoms with Gasteiger partial charge in [0.15, 0.2) is 11.6 Å². The Balaban J connectivity index is 1.37. The van der Waals surface area contributed by atoms with Crippen molar-refractivity contribution in [1.29, 1.82) is 0 Å². The van der Waals surface area contributed by atoms with E-state index in [1.165, 1.54) is 0 Å². The zero-order valence-electron chi connectivity index (χ0n) is 11.6. The quantitative estimate of drug-likeness (QED) is 0.939. The van der Waals surface area contributed by atoms with Crippen LogP contribution in [0, 0.1) is 0 Å². The summed E-state index contributed by atoms with van der Waals surface area (Å²) >= 11 is 3.44. The Bertz CT molecular complexity index is 583. The van der Waals surface area contributed by atoms with Gasteiger partial charge in [0.25, 0.3) is 0 Å². The monoisotopic (exact) mass is 323 g/mol. The number of ether oxygens (including phenoxy) is 2. The van der Waals surface area contributed by atoms with Gasteiger partial charge in [-0.3, -0.25) is 5.10 Å². The molecular weight excluding hydrogens is 306 g/mol. The van der Waals surface area contributed by atoms with Crippen LogP contribution < -0.4 is 0 Å². The second kappa shape index (κ2) is 5.72. The number of aromatic nitrogens is 3. The number of nitrogens with one attached hydrogen (secondary N) is 1. The van der Waals surface area contributed by atoms with Gasteiger partial charge in [0.1, 0.15) is 0 Å². The first-order valence-corrected chi connectivity index (χ1v) is 9.00. The Hall–Kier alpha value is -0.890. The van der Waals surface area contributed by atoms with Crippen LogP contribution in [0.3, 0.4) is 0 Å². The molecule has 2 fully saturated rings. The van der Waals surface area contributed by atoms with Crippen molar-refractivity contribution in [2.75, 3.05) is 13.2 Å². The van der Waals surface area contributed by atoms with Gasteiger partial charge < -0.3 is 9.47 Å². The molecule has 0 amide bonds. The Morgan fingerprint density at radius 1 is 1.29 bits per heavy atom. The molecule has 21 heavy (non-hydrogen) atoms. The molecule has 1 N–H and O–H groups in total. The smallest absolute Gasteiger partial charge is 0.209 e. The maximum Gasteiger partial charge on any atom is 0.209 e. The lowest BCUT2D eigenvalue weighted by molar-refractivity contribution is -0.175. The van der Waals surface area contributed by atoms with Crippen LogP contribution in [-0.2, 0) is 9.47 Å². The Kier molecular flexibility index (Phi) is 3.74. The average molecular weight is 323 g/mol. The van der Waals surface area contributed by atoms with Crippen LogP contribution in [0.25, 0.3) is 10.7 Å². The molecule has 1 aliphatic carbocycles. The second-order valence-corrected chi connectivity index (χ2v) is 7.58. The van der Waals surface area contributed by atoms with Crippen LogP contribution in [0.15, 0.2) is 22.7 Å². The summed E-state index contributed by atoms with van der Waals surface area (Å²) in [4.78, 5) is 5.71. The SMILES string of the molecule is c1csc(-c2nc(SC3CCC4(CC3)OCCO4)n[nH]2)c1. The van der Waals surface area contributed by atoms with Crippen molar-refractivity contribution in [1.82, 2.24) is 15.2 Å². The highest BCUT2D eigenvalue weighted by atomic mass is 32.2. The third-order valence-corrected chi connectivity index (χ3v) is 6.07. The van der Waals surface area contributed by atoms with Crippen molar-refractivity contribution in [2.45, 2.75) is 41.9 Å². The lowest BCUT2D eigenvalue weighted by atomic mass is 9.94. The summed E-state index contributed by atoms with van der Waals surface area (Å²) in [5.74, 6) is 0.584. The summed E-state index contributed by atoms with van der Waals surface area (Å²) in [6, 6.07) is 4.08. The fourth-order valence-corrected chi connectivity index (χ4v) is 4.58. The first-order valence-electron chi connectivity index (χ1n) is 7.24. The zero-order chi connectivity index (χ0) is 14.1. The minimum atomic E-state index is -0.280. The molecule has 7 heteroatoms. The van der Waals surface area contributed by atoms with Gasteiger partial charge in [0.2, 0.25) is 5.16 Å². The third kappa shape index (κ3) is 2.88. The Labute approximate surface area is 131 Å². The van der Waals surface area contributed by atoms with Gasteiger partial charge in [-0.05, 0) is 24.3 Å². The standard InChI is InChI=1S/C14H17N3O2S2/c1-2-11(20-9-1)12-15-13(17-16-12)21-10-3-5-14(6-4-10)18-7-8-19-14/h1-2,9-10H,3-8H2,(H,15,16,17). The highest BCUT2D eigenvalue weighted by molar-refractivity contribution is 7.99. The van der Waals surface area contributed by atoms with Crippen molar-refractivity contribution >= 4 is 23.1 Å². The van der Waals surface area contributed by atoms with Crippen molar-refractivity contribution in [3.8, 4) is 10.7 Å². The molecule has 3 heterocycles. The van der Waals surface area contributed by atoms with Crippen LogP contribution in [0.5, 0.6) is 0 Å². The molecule has 1 spiro atoms. The molecule has 2 aromatic rings. The van der Waals surface area contributed by atoms with Gasteiger partial charge >= 0.3 is 0 Å². The van der Waals surface area contributed by atoms with E-state index >= 15 is 0 Å². The molecule has 5 nitrogen and oxygen atoms in total. The van der Waals surface area contributed by atoms with E-state index in [9.17, 15) is 0 Å². The number of aromatic amines is 1. The Morgan fingerprint density at radius 2 is 2.10 bits per heavy atom. The van der Waals surface area contributed by atoms with E-state index < -0.39 is 0 Å². The normalized spacial score (nSPS) is 22.1. The van der Waals surface area contributed by atoms with Crippen LogP contribution in [-0.4, -0.2) is 39.4 Å². The molecule has 1 saturated carbocycles. The second-order valence-electron chi connectivity index (χ2n) is 5.37. The summed E-state index contributed by atoms with van der Waals surface area (Å²) in [6.45, 7) is 1.48. The van der Waals surface area contributed by atoms with Crippen LogP contribution >= 0.6 is 23.1 Å². The van der Waals surface area contributed by atoms with E-state index in [-0.39, 0.29) is 5.79 Å². The molecule has 0 radical (unpaired) electrons. The van der Waals surface area contributed by atoms with Crippen LogP contribution in [0.1, 0.15) is 25.7 Å². The summed E-state index contributed by atoms with van der Waals surface area (Å²) in [6.07, 6.45) is 4.14. The first kappa shape index (κ1) is 13.8. The van der Waals surface area contributed by atoms with E-state index in [0.717, 1.165) is 54.8 Å². The number of H-pyrrole nitrogens is 1. The number of thioether (sulfide) groups is 1. The van der Waals surface area contributed by atoms with E-state index in [1.54, 1.807) is 23.1 Å². The van der Waals surface area contributed by atoms with Gasteiger partial charge in [-0.15, -0.1) is 16.4 Å². The molecule has 0 unspecified atom stereocenters. The van der Waals surface area contributed by atoms with E-state index in [1.807, 2.05) is 11.4 Å². The number of thiophene rings is 1. The predicted molar refractivity (Wildman–Crippen MR) is 82.4 cm³/mol. The van der Waals surface area contributed by atoms with Gasteiger partial charge in [-0.2, -0.15) is 0 Å². The van der Waals surface area contributed by atoms with Gasteiger partial charge in [0, 0.05) is 18.1 Å². The molecule has 0 bridgehead atoms. The van der Waals surface area contributed by atoms with Crippen LogP contribution in [0.2, 0.25) is 0 Å². The molecule has 4 rings (SSSR count). The number of hydrogen-bond acceptors (Lipinski definition) is 6. The zero-order valence-corrected chi connectivity index (χ0v) is 13.2. The topological polar surface area (TPSA) is 60.0 Å². The van der Waals surface area contributed by atoms with Crippen molar-refractivity contribution in [3.05, 3.63) is 17.5 Å². The Morgan fingerprint density at radius 3 is 2.81 bits per heavy atom. The fraction of sp³-hybridized carbons (Fsp3) is 0.571. The maximum absolute atomic E-state index is 5.77. The van der Waals surface area contributed by atoms with E-state index in [2.05, 4.69) is 21.2 Å². The minimum absolute atomic E-state index is 0.280. The molecule has 1 saturated heterocycles. The number of hydrogen-bond donors (Lipinski definition) is 1. The van der Waals surface area contributed by atoms with Gasteiger partial charge in [0.05, 0.1) is 18.1 Å². The van der Waals surface area contributed by atoms with Crippen molar-refractivity contribution in [2.24, 2.45) is 0 Å². The summed E-state index contributed by atoms with van der Waals surface area (Å²) in [5.41, 5.74) is 0. The molecule has 2 aromatic heterocycles. The molecule has 0 aromatic carbocycles. The van der Waals surface area contributed by atoms with Crippen molar-refractivity contribution in [3.63, 3.8) is 0 Å². The van der Waals surface area contributed by atoms with Gasteiger partial charge in [-0.25, -0.2) is 4.98 Å². The minimum Gasteiger partial charge on any atom is -0.348 e. The lowest BCUT2D eigenvalue weighted by Gasteiger charge is -2.34. The number of nitrogens with zero attached hydrogens (tertiary/aromatic N) is 2.